The van der Waals surface area contributed by atoms with Crippen molar-refractivity contribution in [3.63, 3.8) is 0 Å². The van der Waals surface area contributed by atoms with Crippen LogP contribution in [0, 0.1) is 24.1 Å². The summed E-state index contributed by atoms with van der Waals surface area (Å²) in [5.74, 6) is -0.771. The van der Waals surface area contributed by atoms with Gasteiger partial charge in [-0.3, -0.25) is 4.79 Å². The number of aryl methyl sites for hydroxylation is 1. The molecule has 0 atom stereocenters. The van der Waals surface area contributed by atoms with Gasteiger partial charge < -0.3 is 5.32 Å². The standard InChI is InChI=1S/C17H14ClFN4O/c1-10-15(8-11(9-20)17(24)21-13-4-5-13)16(18)23(22-10)14-6-2-12(19)3-7-14/h2-3,6-8,13H,4-5H2,1H3,(H,21,24)/b11-8+. The number of aromatic nitrogens is 2. The van der Waals surface area contributed by atoms with Crippen molar-refractivity contribution in [2.24, 2.45) is 0 Å². The second-order valence-electron chi connectivity index (χ2n) is 5.60. The third-order valence-electron chi connectivity index (χ3n) is 3.69. The van der Waals surface area contributed by atoms with E-state index in [4.69, 9.17) is 11.6 Å². The summed E-state index contributed by atoms with van der Waals surface area (Å²) in [5, 5.41) is 16.6. The fraction of sp³-hybridized carbons (Fsp3) is 0.235. The van der Waals surface area contributed by atoms with Crippen molar-refractivity contribution in [3.05, 3.63) is 52.1 Å². The van der Waals surface area contributed by atoms with Crippen molar-refractivity contribution >= 4 is 23.6 Å². The van der Waals surface area contributed by atoms with Gasteiger partial charge in [-0.2, -0.15) is 10.4 Å². The Hall–Kier alpha value is -2.65. The number of carbonyl (C=O) groups excluding carboxylic acids is 1. The van der Waals surface area contributed by atoms with Gasteiger partial charge in [-0.25, -0.2) is 9.07 Å². The predicted octanol–water partition coefficient (Wildman–Crippen LogP) is 3.16. The molecule has 0 aliphatic heterocycles. The summed E-state index contributed by atoms with van der Waals surface area (Å²) < 4.78 is 14.5. The SMILES string of the molecule is Cc1nn(-c2ccc(F)cc2)c(Cl)c1/C=C(\C#N)C(=O)NC1CC1. The fourth-order valence-corrected chi connectivity index (χ4v) is 2.54. The van der Waals surface area contributed by atoms with Crippen LogP contribution in [0.4, 0.5) is 4.39 Å². The van der Waals surface area contributed by atoms with Gasteiger partial charge in [0.25, 0.3) is 5.91 Å². The lowest BCUT2D eigenvalue weighted by Gasteiger charge is -2.03. The lowest BCUT2D eigenvalue weighted by molar-refractivity contribution is -0.117. The van der Waals surface area contributed by atoms with Gasteiger partial charge in [0.1, 0.15) is 22.6 Å². The summed E-state index contributed by atoms with van der Waals surface area (Å²) in [5.41, 5.74) is 1.62. The molecule has 1 aliphatic carbocycles. The molecule has 122 valence electrons. The van der Waals surface area contributed by atoms with Crippen LogP contribution in [0.1, 0.15) is 24.1 Å². The highest BCUT2D eigenvalue weighted by Crippen LogP contribution is 2.26. The number of nitrogens with one attached hydrogen (secondary N) is 1. The zero-order valence-electron chi connectivity index (χ0n) is 12.9. The highest BCUT2D eigenvalue weighted by atomic mass is 35.5. The van der Waals surface area contributed by atoms with Crippen molar-refractivity contribution in [2.45, 2.75) is 25.8 Å². The summed E-state index contributed by atoms with van der Waals surface area (Å²) >= 11 is 6.35. The maximum atomic E-state index is 13.1. The van der Waals surface area contributed by atoms with E-state index in [9.17, 15) is 14.4 Å². The molecule has 1 heterocycles. The van der Waals surface area contributed by atoms with Gasteiger partial charge in [0.2, 0.25) is 0 Å². The number of rotatable bonds is 4. The maximum absolute atomic E-state index is 13.1. The summed E-state index contributed by atoms with van der Waals surface area (Å²) in [6, 6.07) is 7.77. The topological polar surface area (TPSA) is 70.7 Å². The van der Waals surface area contributed by atoms with Crippen molar-refractivity contribution in [1.29, 1.82) is 5.26 Å². The second-order valence-corrected chi connectivity index (χ2v) is 5.95. The van der Waals surface area contributed by atoms with Crippen LogP contribution < -0.4 is 5.32 Å². The molecule has 0 radical (unpaired) electrons. The Bertz CT molecular complexity index is 860. The number of carbonyl (C=O) groups is 1. The average molecular weight is 345 g/mol. The molecule has 0 unspecified atom stereocenters. The van der Waals surface area contributed by atoms with Gasteiger partial charge in [0.15, 0.2) is 0 Å². The van der Waals surface area contributed by atoms with E-state index in [1.807, 2.05) is 6.07 Å². The summed E-state index contributed by atoms with van der Waals surface area (Å²) in [4.78, 5) is 12.1. The summed E-state index contributed by atoms with van der Waals surface area (Å²) in [6.45, 7) is 1.73. The van der Waals surface area contributed by atoms with Crippen LogP contribution in [0.5, 0.6) is 0 Å². The number of hydrogen-bond donors (Lipinski definition) is 1. The minimum absolute atomic E-state index is 0.0226. The molecule has 1 amide bonds. The zero-order valence-corrected chi connectivity index (χ0v) is 13.6. The molecule has 0 saturated heterocycles. The molecule has 1 aliphatic rings. The van der Waals surface area contributed by atoms with Crippen molar-refractivity contribution in [3.8, 4) is 11.8 Å². The average Bonchev–Trinajstić information content (AvgIpc) is 3.33. The van der Waals surface area contributed by atoms with Gasteiger partial charge >= 0.3 is 0 Å². The third kappa shape index (κ3) is 3.31. The lowest BCUT2D eigenvalue weighted by atomic mass is 10.1. The molecule has 0 spiro atoms. The smallest absolute Gasteiger partial charge is 0.262 e. The Morgan fingerprint density at radius 1 is 1.46 bits per heavy atom. The van der Waals surface area contributed by atoms with E-state index >= 15 is 0 Å². The van der Waals surface area contributed by atoms with E-state index in [2.05, 4.69) is 10.4 Å². The highest BCUT2D eigenvalue weighted by molar-refractivity contribution is 6.31. The van der Waals surface area contributed by atoms with Crippen molar-refractivity contribution < 1.29 is 9.18 Å². The minimum Gasteiger partial charge on any atom is -0.349 e. The molecule has 1 aromatic heterocycles. The first-order valence-corrected chi connectivity index (χ1v) is 7.81. The maximum Gasteiger partial charge on any atom is 0.262 e. The number of halogens is 2. The monoisotopic (exact) mass is 344 g/mol. The number of nitrogens with zero attached hydrogens (tertiary/aromatic N) is 3. The van der Waals surface area contributed by atoms with Crippen LogP contribution in [-0.2, 0) is 4.79 Å². The van der Waals surface area contributed by atoms with Crippen LogP contribution in [0.25, 0.3) is 11.8 Å². The molecule has 1 fully saturated rings. The quantitative estimate of drug-likeness (QED) is 0.684. The zero-order chi connectivity index (χ0) is 17.3. The lowest BCUT2D eigenvalue weighted by Crippen LogP contribution is -2.26. The van der Waals surface area contributed by atoms with Crippen LogP contribution in [0.3, 0.4) is 0 Å². The van der Waals surface area contributed by atoms with E-state index in [0.29, 0.717) is 16.9 Å². The van der Waals surface area contributed by atoms with Gasteiger partial charge in [-0.1, -0.05) is 11.6 Å². The molecular weight excluding hydrogens is 331 g/mol. The molecule has 0 bridgehead atoms. The van der Waals surface area contributed by atoms with Gasteiger partial charge in [-0.15, -0.1) is 0 Å². The second kappa shape index (κ2) is 6.46. The molecule has 7 heteroatoms. The molecule has 24 heavy (non-hydrogen) atoms. The number of nitriles is 1. The van der Waals surface area contributed by atoms with E-state index < -0.39 is 5.91 Å². The first kappa shape index (κ1) is 16.2. The molecule has 1 saturated carbocycles. The van der Waals surface area contributed by atoms with E-state index in [1.54, 1.807) is 19.1 Å². The molecule has 3 rings (SSSR count). The Labute approximate surface area is 143 Å². The Morgan fingerprint density at radius 2 is 2.12 bits per heavy atom. The molecule has 5 nitrogen and oxygen atoms in total. The summed E-state index contributed by atoms with van der Waals surface area (Å²) in [7, 11) is 0. The van der Waals surface area contributed by atoms with Gasteiger partial charge in [0, 0.05) is 11.6 Å². The molecule has 1 N–H and O–H groups in total. The molecule has 1 aromatic carbocycles. The molecule has 2 aromatic rings. The van der Waals surface area contributed by atoms with Crippen LogP contribution in [0.15, 0.2) is 29.8 Å². The van der Waals surface area contributed by atoms with Crippen LogP contribution >= 0.6 is 11.6 Å². The number of amides is 1. The Balaban J connectivity index is 1.96. The predicted molar refractivity (Wildman–Crippen MR) is 88.0 cm³/mol. The number of benzene rings is 1. The van der Waals surface area contributed by atoms with Crippen LogP contribution in [-0.4, -0.2) is 21.7 Å². The van der Waals surface area contributed by atoms with E-state index in [0.717, 1.165) is 12.8 Å². The number of hydrogen-bond acceptors (Lipinski definition) is 3. The Kier molecular flexibility index (Phi) is 4.36. The minimum atomic E-state index is -0.412. The third-order valence-corrected chi connectivity index (χ3v) is 4.05. The van der Waals surface area contributed by atoms with Crippen LogP contribution in [0.2, 0.25) is 5.15 Å². The van der Waals surface area contributed by atoms with Crippen molar-refractivity contribution in [2.75, 3.05) is 0 Å². The van der Waals surface area contributed by atoms with Crippen molar-refractivity contribution in [1.82, 2.24) is 15.1 Å². The first-order chi connectivity index (χ1) is 11.5. The fourth-order valence-electron chi connectivity index (χ4n) is 2.21. The largest absolute Gasteiger partial charge is 0.349 e. The normalized spacial score (nSPS) is 14.3. The van der Waals surface area contributed by atoms with Gasteiger partial charge in [0.05, 0.1) is 11.4 Å². The van der Waals surface area contributed by atoms with Gasteiger partial charge in [-0.05, 0) is 50.1 Å². The first-order valence-electron chi connectivity index (χ1n) is 7.43. The Morgan fingerprint density at radius 3 is 2.71 bits per heavy atom. The molecular formula is C17H14ClFN4O. The van der Waals surface area contributed by atoms with E-state index in [1.165, 1.54) is 22.9 Å². The summed E-state index contributed by atoms with van der Waals surface area (Å²) in [6.07, 6.45) is 3.31. The van der Waals surface area contributed by atoms with E-state index in [-0.39, 0.29) is 22.6 Å². The highest BCUT2D eigenvalue weighted by Gasteiger charge is 2.25.